The topological polar surface area (TPSA) is 29.5 Å². The Morgan fingerprint density at radius 2 is 2.33 bits per heavy atom. The maximum atomic E-state index is 11.1. The first kappa shape index (κ1) is 6.89. The highest BCUT2D eigenvalue weighted by Crippen LogP contribution is 2.44. The van der Waals surface area contributed by atoms with Gasteiger partial charge >= 0.3 is 5.97 Å². The summed E-state index contributed by atoms with van der Waals surface area (Å²) in [6.07, 6.45) is 3.79. The van der Waals surface area contributed by atoms with Crippen molar-refractivity contribution >= 4 is 5.97 Å². The molecule has 4 atom stereocenters. The van der Waals surface area contributed by atoms with Gasteiger partial charge in [0.2, 0.25) is 0 Å². The van der Waals surface area contributed by atoms with Crippen molar-refractivity contribution in [3.8, 4) is 0 Å². The Kier molecular flexibility index (Phi) is 1.16. The molecule has 3 aliphatic heterocycles. The van der Waals surface area contributed by atoms with Crippen LogP contribution in [0.5, 0.6) is 0 Å². The fourth-order valence-corrected chi connectivity index (χ4v) is 3.01. The minimum absolute atomic E-state index is 0.0391. The van der Waals surface area contributed by atoms with E-state index >= 15 is 0 Å². The molecule has 3 saturated heterocycles. The van der Waals surface area contributed by atoms with E-state index in [1.54, 1.807) is 0 Å². The molecule has 3 heteroatoms. The molecule has 0 saturated carbocycles. The number of ether oxygens (including phenoxy) is 1. The average Bonchev–Trinajstić information content (AvgIpc) is 2.32. The van der Waals surface area contributed by atoms with Crippen molar-refractivity contribution in [3.05, 3.63) is 0 Å². The van der Waals surface area contributed by atoms with Crippen molar-refractivity contribution in [2.24, 2.45) is 5.92 Å². The molecule has 2 bridgehead atoms. The van der Waals surface area contributed by atoms with E-state index in [0.717, 1.165) is 6.42 Å². The Morgan fingerprint density at radius 1 is 1.50 bits per heavy atom. The van der Waals surface area contributed by atoms with Gasteiger partial charge in [0.15, 0.2) is 0 Å². The molecule has 0 aromatic rings. The summed E-state index contributed by atoms with van der Waals surface area (Å²) in [5, 5.41) is 0. The van der Waals surface area contributed by atoms with Crippen LogP contribution in [-0.2, 0) is 9.53 Å². The van der Waals surface area contributed by atoms with Crippen LogP contribution >= 0.6 is 0 Å². The summed E-state index contributed by atoms with van der Waals surface area (Å²) in [5.41, 5.74) is 0. The van der Waals surface area contributed by atoms with E-state index < -0.39 is 0 Å². The first-order chi connectivity index (χ1) is 5.77. The quantitative estimate of drug-likeness (QED) is 0.489. The summed E-state index contributed by atoms with van der Waals surface area (Å²) < 4.78 is 5.11. The summed E-state index contributed by atoms with van der Waals surface area (Å²) in [5.74, 6) is 0.256. The monoisotopic (exact) mass is 167 g/mol. The SMILES string of the molecule is CN1C2CCC1C1C(=O)OC1C2. The smallest absolute Gasteiger partial charge is 0.314 e. The molecule has 0 aliphatic carbocycles. The molecule has 3 rings (SSSR count). The Balaban J connectivity index is 1.91. The molecule has 3 aliphatic rings. The Bertz CT molecular complexity index is 241. The second kappa shape index (κ2) is 2.02. The molecule has 0 N–H and O–H groups in total. The summed E-state index contributed by atoms with van der Waals surface area (Å²) >= 11 is 0. The molecule has 3 fully saturated rings. The highest BCUT2D eigenvalue weighted by Gasteiger charge is 2.56. The molecular formula is C9H13NO2. The summed E-state index contributed by atoms with van der Waals surface area (Å²) in [6.45, 7) is 0. The first-order valence-electron chi connectivity index (χ1n) is 4.70. The summed E-state index contributed by atoms with van der Waals surface area (Å²) in [4.78, 5) is 13.5. The third-order valence-electron chi connectivity index (χ3n) is 3.75. The minimum Gasteiger partial charge on any atom is -0.461 e. The van der Waals surface area contributed by atoms with E-state index in [1.807, 2.05) is 0 Å². The molecule has 0 amide bonds. The second-order valence-corrected chi connectivity index (χ2v) is 4.20. The summed E-state index contributed by atoms with van der Waals surface area (Å²) in [7, 11) is 2.14. The lowest BCUT2D eigenvalue weighted by Crippen LogP contribution is -2.60. The van der Waals surface area contributed by atoms with Crippen molar-refractivity contribution in [2.45, 2.75) is 37.5 Å². The third-order valence-corrected chi connectivity index (χ3v) is 3.75. The maximum Gasteiger partial charge on any atom is 0.314 e. The number of rotatable bonds is 0. The highest BCUT2D eigenvalue weighted by atomic mass is 16.6. The fraction of sp³-hybridized carbons (Fsp3) is 0.889. The minimum atomic E-state index is 0.0391. The molecule has 0 aromatic heterocycles. The zero-order valence-corrected chi connectivity index (χ0v) is 7.19. The van der Waals surface area contributed by atoms with Crippen LogP contribution in [0.1, 0.15) is 19.3 Å². The lowest BCUT2D eigenvalue weighted by atomic mass is 9.84. The highest BCUT2D eigenvalue weighted by molar-refractivity contribution is 5.79. The number of hydrogen-bond acceptors (Lipinski definition) is 3. The third kappa shape index (κ3) is 0.637. The number of carbonyl (C=O) groups excluding carboxylic acids is 1. The van der Waals surface area contributed by atoms with E-state index in [-0.39, 0.29) is 18.0 Å². The van der Waals surface area contributed by atoms with Gasteiger partial charge in [0.05, 0.1) is 0 Å². The van der Waals surface area contributed by atoms with Gasteiger partial charge in [-0.15, -0.1) is 0 Å². The van der Waals surface area contributed by atoms with Crippen LogP contribution in [0.4, 0.5) is 0 Å². The van der Waals surface area contributed by atoms with Crippen LogP contribution in [-0.4, -0.2) is 36.1 Å². The van der Waals surface area contributed by atoms with Crippen molar-refractivity contribution in [1.29, 1.82) is 0 Å². The molecule has 0 aromatic carbocycles. The molecule has 3 heterocycles. The van der Waals surface area contributed by atoms with Gasteiger partial charge < -0.3 is 4.74 Å². The van der Waals surface area contributed by atoms with Crippen LogP contribution in [0.25, 0.3) is 0 Å². The first-order valence-corrected chi connectivity index (χ1v) is 4.70. The van der Waals surface area contributed by atoms with E-state index in [0.29, 0.717) is 12.1 Å². The lowest BCUT2D eigenvalue weighted by molar-refractivity contribution is -0.199. The number of piperidine rings is 1. The van der Waals surface area contributed by atoms with Gasteiger partial charge in [-0.1, -0.05) is 0 Å². The molecular weight excluding hydrogens is 154 g/mol. The zero-order chi connectivity index (χ0) is 8.29. The lowest BCUT2D eigenvalue weighted by Gasteiger charge is -2.47. The molecule has 4 unspecified atom stereocenters. The predicted molar refractivity (Wildman–Crippen MR) is 42.6 cm³/mol. The summed E-state index contributed by atoms with van der Waals surface area (Å²) in [6, 6.07) is 1.18. The molecule has 0 radical (unpaired) electrons. The number of fused-ring (bicyclic) bond motifs is 4. The van der Waals surface area contributed by atoms with Crippen LogP contribution in [0.15, 0.2) is 0 Å². The molecule has 66 valence electrons. The number of hydrogen-bond donors (Lipinski definition) is 0. The molecule has 12 heavy (non-hydrogen) atoms. The number of esters is 1. The second-order valence-electron chi connectivity index (χ2n) is 4.20. The Hall–Kier alpha value is -0.570. The van der Waals surface area contributed by atoms with Gasteiger partial charge in [-0.2, -0.15) is 0 Å². The van der Waals surface area contributed by atoms with Crippen LogP contribution < -0.4 is 0 Å². The Morgan fingerprint density at radius 3 is 3.08 bits per heavy atom. The van der Waals surface area contributed by atoms with Gasteiger partial charge in [-0.05, 0) is 19.9 Å². The van der Waals surface area contributed by atoms with Crippen LogP contribution in [0.3, 0.4) is 0 Å². The van der Waals surface area contributed by atoms with Crippen LogP contribution in [0, 0.1) is 5.92 Å². The molecule has 0 spiro atoms. The van der Waals surface area contributed by atoms with Gasteiger partial charge in [0.25, 0.3) is 0 Å². The predicted octanol–water partition coefficient (Wildman–Crippen LogP) is 0.394. The van der Waals surface area contributed by atoms with Crippen molar-refractivity contribution < 1.29 is 9.53 Å². The van der Waals surface area contributed by atoms with Gasteiger partial charge in [-0.25, -0.2) is 0 Å². The zero-order valence-electron chi connectivity index (χ0n) is 7.19. The van der Waals surface area contributed by atoms with Crippen molar-refractivity contribution in [2.75, 3.05) is 7.05 Å². The molecule has 3 nitrogen and oxygen atoms in total. The van der Waals surface area contributed by atoms with Crippen LogP contribution in [0.2, 0.25) is 0 Å². The number of nitrogens with zero attached hydrogens (tertiary/aromatic N) is 1. The van der Waals surface area contributed by atoms with Gasteiger partial charge in [0, 0.05) is 18.5 Å². The fourth-order valence-electron chi connectivity index (χ4n) is 3.01. The largest absolute Gasteiger partial charge is 0.461 e. The van der Waals surface area contributed by atoms with E-state index in [4.69, 9.17) is 4.74 Å². The average molecular weight is 167 g/mol. The Labute approximate surface area is 71.7 Å². The number of carbonyl (C=O) groups is 1. The van der Waals surface area contributed by atoms with E-state index in [9.17, 15) is 4.79 Å². The van der Waals surface area contributed by atoms with E-state index in [2.05, 4.69) is 11.9 Å². The van der Waals surface area contributed by atoms with Crippen molar-refractivity contribution in [3.63, 3.8) is 0 Å². The van der Waals surface area contributed by atoms with Crippen molar-refractivity contribution in [1.82, 2.24) is 4.90 Å². The van der Waals surface area contributed by atoms with E-state index in [1.165, 1.54) is 12.8 Å². The normalized spacial score (nSPS) is 51.2. The standard InChI is InChI=1S/C9H13NO2/c1-10-5-2-3-6(10)8-7(4-5)12-9(8)11/h5-8H,2-4H2,1H3. The van der Waals surface area contributed by atoms with Gasteiger partial charge in [0.1, 0.15) is 12.0 Å². The van der Waals surface area contributed by atoms with Gasteiger partial charge in [-0.3, -0.25) is 9.69 Å². The maximum absolute atomic E-state index is 11.1.